The highest BCUT2D eigenvalue weighted by atomic mass is 35.5. The van der Waals surface area contributed by atoms with Gasteiger partial charge in [0, 0.05) is 56.4 Å². The van der Waals surface area contributed by atoms with Gasteiger partial charge in [-0.2, -0.15) is 0 Å². The fourth-order valence-corrected chi connectivity index (χ4v) is 4.56. The van der Waals surface area contributed by atoms with Crippen molar-refractivity contribution in [1.29, 1.82) is 0 Å². The Kier molecular flexibility index (Phi) is 7.28. The first-order chi connectivity index (χ1) is 15.1. The summed E-state index contributed by atoms with van der Waals surface area (Å²) in [5, 5.41) is 1.66. The Labute approximate surface area is 189 Å². The zero-order chi connectivity index (χ0) is 21.6. The quantitative estimate of drug-likeness (QED) is 0.457. The third kappa shape index (κ3) is 5.48. The van der Waals surface area contributed by atoms with Crippen molar-refractivity contribution in [3.63, 3.8) is 0 Å². The van der Waals surface area contributed by atoms with Gasteiger partial charge in [-0.3, -0.25) is 9.69 Å². The van der Waals surface area contributed by atoms with Crippen LogP contribution in [0, 0.1) is 0 Å². The summed E-state index contributed by atoms with van der Waals surface area (Å²) in [6, 6.07) is 15.8. The summed E-state index contributed by atoms with van der Waals surface area (Å²) < 4.78 is 7.96. The highest BCUT2D eigenvalue weighted by Crippen LogP contribution is 2.28. The summed E-state index contributed by atoms with van der Waals surface area (Å²) >= 11 is 6.45. The fourth-order valence-electron chi connectivity index (χ4n) is 4.28. The third-order valence-electron chi connectivity index (χ3n) is 5.99. The summed E-state index contributed by atoms with van der Waals surface area (Å²) in [6.45, 7) is 9.52. The molecule has 5 nitrogen and oxygen atoms in total. The molecule has 1 aliphatic rings. The van der Waals surface area contributed by atoms with Crippen molar-refractivity contribution in [1.82, 2.24) is 14.4 Å². The number of hydrogen-bond acceptors (Lipinski definition) is 4. The van der Waals surface area contributed by atoms with Crippen molar-refractivity contribution in [3.05, 3.63) is 65.3 Å². The van der Waals surface area contributed by atoms with Crippen LogP contribution >= 0.6 is 11.6 Å². The Morgan fingerprint density at radius 2 is 1.65 bits per heavy atom. The zero-order valence-corrected chi connectivity index (χ0v) is 18.9. The number of benzene rings is 2. The maximum absolute atomic E-state index is 12.0. The number of carbonyl (C=O) groups excluding carboxylic acids is 1. The molecule has 1 saturated heterocycles. The van der Waals surface area contributed by atoms with E-state index in [2.05, 4.69) is 14.4 Å². The third-order valence-corrected chi connectivity index (χ3v) is 6.29. The van der Waals surface area contributed by atoms with Gasteiger partial charge < -0.3 is 14.2 Å². The number of rotatable bonds is 9. The molecule has 2 aromatic carbocycles. The lowest BCUT2D eigenvalue weighted by Crippen LogP contribution is -2.47. The molecule has 0 atom stereocenters. The highest BCUT2D eigenvalue weighted by molar-refractivity contribution is 6.35. The second-order valence-corrected chi connectivity index (χ2v) is 8.53. The van der Waals surface area contributed by atoms with Gasteiger partial charge in [0.15, 0.2) is 5.78 Å². The Morgan fingerprint density at radius 1 is 0.935 bits per heavy atom. The van der Waals surface area contributed by atoms with Gasteiger partial charge in [0.1, 0.15) is 12.4 Å². The van der Waals surface area contributed by atoms with E-state index in [4.69, 9.17) is 16.3 Å². The summed E-state index contributed by atoms with van der Waals surface area (Å²) in [5.74, 6) is 1.02. The molecule has 0 bridgehead atoms. The Morgan fingerprint density at radius 3 is 2.35 bits per heavy atom. The second-order valence-electron chi connectivity index (χ2n) is 8.13. The summed E-state index contributed by atoms with van der Waals surface area (Å²) in [4.78, 5) is 17.0. The predicted octanol–water partition coefficient (Wildman–Crippen LogP) is 4.58. The van der Waals surface area contributed by atoms with Gasteiger partial charge in [-0.05, 0) is 38.1 Å². The molecule has 3 aromatic rings. The molecule has 0 spiro atoms. The van der Waals surface area contributed by atoms with E-state index in [1.807, 2.05) is 54.7 Å². The molecule has 0 amide bonds. The van der Waals surface area contributed by atoms with Crippen molar-refractivity contribution < 1.29 is 9.53 Å². The van der Waals surface area contributed by atoms with E-state index in [0.717, 1.165) is 81.1 Å². The van der Waals surface area contributed by atoms with Crippen LogP contribution in [0.4, 0.5) is 0 Å². The standard InChI is InChI=1S/C25H30ClN3O2/c1-20(30)23-19-29(25-22(23)9-5-10-24(25)26)12-6-11-27-13-15-28(16-14-27)17-18-31-21-7-3-2-4-8-21/h2-5,7-10,19H,6,11-18H2,1H3. The molecule has 2 heterocycles. The number of para-hydroxylation sites is 2. The molecule has 0 saturated carbocycles. The number of nitrogens with zero attached hydrogens (tertiary/aromatic N) is 3. The molecule has 0 radical (unpaired) electrons. The predicted molar refractivity (Wildman–Crippen MR) is 126 cm³/mol. The molecule has 1 aliphatic heterocycles. The van der Waals surface area contributed by atoms with Crippen molar-refractivity contribution in [2.45, 2.75) is 19.9 Å². The zero-order valence-electron chi connectivity index (χ0n) is 18.1. The molecule has 4 rings (SSSR count). The van der Waals surface area contributed by atoms with Crippen LogP contribution in [0.3, 0.4) is 0 Å². The number of carbonyl (C=O) groups is 1. The fraction of sp³-hybridized carbons (Fsp3) is 0.400. The van der Waals surface area contributed by atoms with Crippen molar-refractivity contribution in [2.75, 3.05) is 45.9 Å². The molecule has 0 unspecified atom stereocenters. The largest absolute Gasteiger partial charge is 0.492 e. The first-order valence-corrected chi connectivity index (χ1v) is 11.4. The van der Waals surface area contributed by atoms with Gasteiger partial charge in [-0.15, -0.1) is 0 Å². The van der Waals surface area contributed by atoms with Crippen LogP contribution in [-0.2, 0) is 6.54 Å². The minimum atomic E-state index is 0.0818. The average Bonchev–Trinajstić information content (AvgIpc) is 3.16. The number of halogens is 1. The van der Waals surface area contributed by atoms with E-state index in [0.29, 0.717) is 5.02 Å². The van der Waals surface area contributed by atoms with E-state index < -0.39 is 0 Å². The highest BCUT2D eigenvalue weighted by Gasteiger charge is 2.17. The van der Waals surface area contributed by atoms with E-state index in [-0.39, 0.29) is 5.78 Å². The second kappa shape index (κ2) is 10.3. The molecule has 31 heavy (non-hydrogen) atoms. The van der Waals surface area contributed by atoms with Crippen LogP contribution < -0.4 is 4.74 Å². The summed E-state index contributed by atoms with van der Waals surface area (Å²) in [5.41, 5.74) is 1.72. The molecular weight excluding hydrogens is 410 g/mol. The average molecular weight is 440 g/mol. The molecular formula is C25H30ClN3O2. The van der Waals surface area contributed by atoms with Gasteiger partial charge in [-0.1, -0.05) is 41.9 Å². The van der Waals surface area contributed by atoms with Gasteiger partial charge in [-0.25, -0.2) is 0 Å². The number of ketones is 1. The van der Waals surface area contributed by atoms with Gasteiger partial charge in [0.25, 0.3) is 0 Å². The van der Waals surface area contributed by atoms with Crippen LogP contribution in [0.1, 0.15) is 23.7 Å². The summed E-state index contributed by atoms with van der Waals surface area (Å²) in [7, 11) is 0. The lowest BCUT2D eigenvalue weighted by atomic mass is 10.1. The van der Waals surface area contributed by atoms with E-state index >= 15 is 0 Å². The van der Waals surface area contributed by atoms with Crippen LogP contribution in [0.2, 0.25) is 5.02 Å². The van der Waals surface area contributed by atoms with Crippen molar-refractivity contribution in [2.24, 2.45) is 0 Å². The maximum Gasteiger partial charge on any atom is 0.161 e. The van der Waals surface area contributed by atoms with Crippen LogP contribution in [0.15, 0.2) is 54.7 Å². The smallest absolute Gasteiger partial charge is 0.161 e. The van der Waals surface area contributed by atoms with E-state index in [1.165, 1.54) is 0 Å². The lowest BCUT2D eigenvalue weighted by Gasteiger charge is -2.34. The minimum Gasteiger partial charge on any atom is -0.492 e. The Hall–Kier alpha value is -2.34. The molecule has 0 aliphatic carbocycles. The number of Topliss-reactive ketones (excluding diaryl/α,β-unsaturated/α-hetero) is 1. The van der Waals surface area contributed by atoms with Crippen molar-refractivity contribution >= 4 is 28.3 Å². The summed E-state index contributed by atoms with van der Waals surface area (Å²) in [6.07, 6.45) is 2.99. The number of ether oxygens (including phenoxy) is 1. The molecule has 164 valence electrons. The van der Waals surface area contributed by atoms with Crippen LogP contribution in [-0.4, -0.2) is 66.0 Å². The maximum atomic E-state index is 12.0. The number of hydrogen-bond donors (Lipinski definition) is 0. The first-order valence-electron chi connectivity index (χ1n) is 11.0. The number of piperazine rings is 1. The van der Waals surface area contributed by atoms with Gasteiger partial charge >= 0.3 is 0 Å². The molecule has 0 N–H and O–H groups in total. The van der Waals surface area contributed by atoms with E-state index in [1.54, 1.807) is 6.92 Å². The van der Waals surface area contributed by atoms with Gasteiger partial charge in [0.2, 0.25) is 0 Å². The molecule has 1 fully saturated rings. The van der Waals surface area contributed by atoms with Gasteiger partial charge in [0.05, 0.1) is 10.5 Å². The molecule has 1 aromatic heterocycles. The number of fused-ring (bicyclic) bond motifs is 1. The first kappa shape index (κ1) is 21.9. The monoisotopic (exact) mass is 439 g/mol. The van der Waals surface area contributed by atoms with E-state index in [9.17, 15) is 4.79 Å². The SMILES string of the molecule is CC(=O)c1cn(CCCN2CCN(CCOc3ccccc3)CC2)c2c(Cl)cccc12. The topological polar surface area (TPSA) is 37.7 Å². The van der Waals surface area contributed by atoms with Crippen LogP contribution in [0.5, 0.6) is 5.75 Å². The normalized spacial score (nSPS) is 15.4. The Balaban J connectivity index is 1.22. The lowest BCUT2D eigenvalue weighted by molar-refractivity contribution is 0.101. The van der Waals surface area contributed by atoms with Crippen LogP contribution in [0.25, 0.3) is 10.9 Å². The minimum absolute atomic E-state index is 0.0818. The number of aromatic nitrogens is 1. The Bertz CT molecular complexity index is 1010. The van der Waals surface area contributed by atoms with Crippen molar-refractivity contribution in [3.8, 4) is 5.75 Å². The number of aryl methyl sites for hydroxylation is 1. The molecule has 6 heteroatoms.